The topological polar surface area (TPSA) is 26.5 Å². The van der Waals surface area contributed by atoms with Gasteiger partial charge in [0.25, 0.3) is 0 Å². The highest BCUT2D eigenvalue weighted by molar-refractivity contribution is 6.30. The van der Waals surface area contributed by atoms with Gasteiger partial charge in [0.15, 0.2) is 0 Å². The average Bonchev–Trinajstić information content (AvgIpc) is 2.85. The average molecular weight is 315 g/mol. The minimum absolute atomic E-state index is 0.717. The number of methoxy groups -OCH3 is 1. The number of imidazole rings is 1. The first-order valence-corrected chi connectivity index (χ1v) is 7.88. The van der Waals surface area contributed by atoms with Gasteiger partial charge in [-0.15, -0.1) is 0 Å². The molecule has 0 amide bonds. The van der Waals surface area contributed by atoms with Crippen molar-refractivity contribution in [1.29, 1.82) is 0 Å². The summed E-state index contributed by atoms with van der Waals surface area (Å²) in [5, 5.41) is 0.717. The van der Waals surface area contributed by atoms with Crippen molar-refractivity contribution in [1.82, 2.24) is 9.38 Å². The second-order valence-electron chi connectivity index (χ2n) is 5.32. The van der Waals surface area contributed by atoms with Crippen molar-refractivity contribution in [2.24, 2.45) is 0 Å². The third kappa shape index (κ3) is 2.81. The van der Waals surface area contributed by atoms with Gasteiger partial charge >= 0.3 is 0 Å². The van der Waals surface area contributed by atoms with Crippen LogP contribution in [0.2, 0.25) is 5.02 Å². The van der Waals surface area contributed by atoms with E-state index in [0.29, 0.717) is 5.02 Å². The van der Waals surface area contributed by atoms with Crippen molar-refractivity contribution < 1.29 is 4.74 Å². The number of ether oxygens (including phenoxy) is 1. The predicted molar refractivity (Wildman–Crippen MR) is 90.0 cm³/mol. The van der Waals surface area contributed by atoms with Crippen molar-refractivity contribution >= 4 is 17.2 Å². The van der Waals surface area contributed by atoms with Gasteiger partial charge in [-0.3, -0.25) is 0 Å². The van der Waals surface area contributed by atoms with E-state index in [1.807, 2.05) is 36.5 Å². The molecule has 3 aromatic rings. The monoisotopic (exact) mass is 314 g/mol. The number of nitrogens with zero attached hydrogens (tertiary/aromatic N) is 2. The Morgan fingerprint density at radius 2 is 2.00 bits per heavy atom. The predicted octanol–water partition coefficient (Wildman–Crippen LogP) is 4.54. The van der Waals surface area contributed by atoms with Gasteiger partial charge in [0.05, 0.1) is 23.5 Å². The van der Waals surface area contributed by atoms with E-state index in [0.717, 1.165) is 41.9 Å². The lowest BCUT2D eigenvalue weighted by Gasteiger charge is -2.09. The molecule has 0 unspecified atom stereocenters. The molecule has 4 heteroatoms. The summed E-state index contributed by atoms with van der Waals surface area (Å²) in [6, 6.07) is 12.0. The zero-order valence-corrected chi connectivity index (χ0v) is 13.6. The Morgan fingerprint density at radius 3 is 2.77 bits per heavy atom. The minimum Gasteiger partial charge on any atom is -0.496 e. The fourth-order valence-electron chi connectivity index (χ4n) is 2.77. The Morgan fingerprint density at radius 1 is 1.18 bits per heavy atom. The summed E-state index contributed by atoms with van der Waals surface area (Å²) in [6.07, 6.45) is 4.75. The standard InChI is InChI=1S/C18H19ClN2O/c1-3-6-15-16(11-13-7-4-5-8-17(13)22-2)21-12-14(19)9-10-18(21)20-15/h4-5,7-10,12H,3,6,11H2,1-2H3. The van der Waals surface area contributed by atoms with Gasteiger partial charge in [-0.2, -0.15) is 0 Å². The molecule has 0 aliphatic rings. The lowest BCUT2D eigenvalue weighted by Crippen LogP contribution is -2.00. The first-order chi connectivity index (χ1) is 10.7. The maximum absolute atomic E-state index is 6.17. The molecule has 0 N–H and O–H groups in total. The van der Waals surface area contributed by atoms with E-state index >= 15 is 0 Å². The third-order valence-electron chi connectivity index (χ3n) is 3.80. The molecule has 0 aliphatic heterocycles. The molecule has 0 aliphatic carbocycles. The molecule has 1 aromatic carbocycles. The van der Waals surface area contributed by atoms with Gasteiger partial charge in [0.2, 0.25) is 0 Å². The van der Waals surface area contributed by atoms with Gasteiger partial charge in [-0.05, 0) is 24.6 Å². The Kier molecular flexibility index (Phi) is 4.34. The van der Waals surface area contributed by atoms with E-state index in [9.17, 15) is 0 Å². The highest BCUT2D eigenvalue weighted by atomic mass is 35.5. The highest BCUT2D eigenvalue weighted by Gasteiger charge is 2.14. The van der Waals surface area contributed by atoms with Crippen molar-refractivity contribution in [2.45, 2.75) is 26.2 Å². The van der Waals surface area contributed by atoms with Crippen molar-refractivity contribution in [3.05, 3.63) is 64.6 Å². The smallest absolute Gasteiger partial charge is 0.137 e. The van der Waals surface area contributed by atoms with Crippen LogP contribution in [0.4, 0.5) is 0 Å². The van der Waals surface area contributed by atoms with Crippen LogP contribution >= 0.6 is 11.6 Å². The second kappa shape index (κ2) is 6.41. The maximum Gasteiger partial charge on any atom is 0.137 e. The summed E-state index contributed by atoms with van der Waals surface area (Å²) in [5.74, 6) is 0.905. The third-order valence-corrected chi connectivity index (χ3v) is 4.03. The summed E-state index contributed by atoms with van der Waals surface area (Å²) >= 11 is 6.17. The number of aromatic nitrogens is 2. The second-order valence-corrected chi connectivity index (χ2v) is 5.76. The summed E-state index contributed by atoms with van der Waals surface area (Å²) in [6.45, 7) is 2.17. The Labute approximate surface area is 135 Å². The normalized spacial score (nSPS) is 11.0. The van der Waals surface area contributed by atoms with Crippen LogP contribution in [0.15, 0.2) is 42.6 Å². The molecule has 114 valence electrons. The minimum atomic E-state index is 0.717. The largest absolute Gasteiger partial charge is 0.496 e. The number of hydrogen-bond acceptors (Lipinski definition) is 2. The van der Waals surface area contributed by atoms with Gasteiger partial charge in [-0.1, -0.05) is 43.1 Å². The first-order valence-electron chi connectivity index (χ1n) is 7.50. The van der Waals surface area contributed by atoms with Crippen LogP contribution in [-0.2, 0) is 12.8 Å². The quantitative estimate of drug-likeness (QED) is 0.691. The molecule has 22 heavy (non-hydrogen) atoms. The van der Waals surface area contributed by atoms with Crippen molar-refractivity contribution in [2.75, 3.05) is 7.11 Å². The fourth-order valence-corrected chi connectivity index (χ4v) is 2.93. The lowest BCUT2D eigenvalue weighted by atomic mass is 10.1. The van der Waals surface area contributed by atoms with Crippen molar-refractivity contribution in [3.8, 4) is 5.75 Å². The van der Waals surface area contributed by atoms with Crippen LogP contribution in [0.1, 0.15) is 30.3 Å². The first kappa shape index (κ1) is 14.9. The number of fused-ring (bicyclic) bond motifs is 1. The van der Waals surface area contributed by atoms with Crippen LogP contribution in [0.5, 0.6) is 5.75 Å². The molecule has 0 atom stereocenters. The van der Waals surface area contributed by atoms with Gasteiger partial charge < -0.3 is 9.14 Å². The summed E-state index contributed by atoms with van der Waals surface area (Å²) < 4.78 is 7.57. The molecule has 0 radical (unpaired) electrons. The van der Waals surface area contributed by atoms with E-state index in [1.165, 1.54) is 5.69 Å². The molecule has 0 saturated heterocycles. The Bertz CT molecular complexity index is 795. The molecule has 2 aromatic heterocycles. The van der Waals surface area contributed by atoms with Crippen molar-refractivity contribution in [3.63, 3.8) is 0 Å². The molecule has 2 heterocycles. The van der Waals surface area contributed by atoms with Crippen LogP contribution in [0.3, 0.4) is 0 Å². The molecule has 0 fully saturated rings. The number of benzene rings is 1. The van der Waals surface area contributed by atoms with E-state index in [-0.39, 0.29) is 0 Å². The number of pyridine rings is 1. The summed E-state index contributed by atoms with van der Waals surface area (Å²) in [4.78, 5) is 4.76. The molecular weight excluding hydrogens is 296 g/mol. The van der Waals surface area contributed by atoms with Gasteiger partial charge in [0.1, 0.15) is 11.4 Å². The summed E-state index contributed by atoms with van der Waals surface area (Å²) in [5.41, 5.74) is 4.42. The van der Waals surface area contributed by atoms with E-state index in [2.05, 4.69) is 17.4 Å². The van der Waals surface area contributed by atoms with Crippen LogP contribution in [0.25, 0.3) is 5.65 Å². The van der Waals surface area contributed by atoms with Crippen LogP contribution in [0, 0.1) is 0 Å². The van der Waals surface area contributed by atoms with E-state index in [4.69, 9.17) is 21.3 Å². The van der Waals surface area contributed by atoms with E-state index in [1.54, 1.807) is 7.11 Å². The molecule has 0 saturated carbocycles. The molecular formula is C18H19ClN2O. The maximum atomic E-state index is 6.17. The van der Waals surface area contributed by atoms with Crippen LogP contribution in [-0.4, -0.2) is 16.5 Å². The SMILES string of the molecule is CCCc1nc2ccc(Cl)cn2c1Cc1ccccc1OC. The van der Waals surface area contributed by atoms with Gasteiger partial charge in [-0.25, -0.2) is 4.98 Å². The number of para-hydroxylation sites is 1. The summed E-state index contributed by atoms with van der Waals surface area (Å²) in [7, 11) is 1.71. The number of rotatable bonds is 5. The zero-order chi connectivity index (χ0) is 15.5. The zero-order valence-electron chi connectivity index (χ0n) is 12.8. The molecule has 3 nitrogen and oxygen atoms in total. The molecule has 0 bridgehead atoms. The Balaban J connectivity index is 2.11. The fraction of sp³-hybridized carbons (Fsp3) is 0.278. The Hall–Kier alpha value is -2.00. The van der Waals surface area contributed by atoms with Gasteiger partial charge in [0, 0.05) is 18.2 Å². The number of hydrogen-bond donors (Lipinski definition) is 0. The highest BCUT2D eigenvalue weighted by Crippen LogP contribution is 2.25. The lowest BCUT2D eigenvalue weighted by molar-refractivity contribution is 0.410. The number of aryl methyl sites for hydroxylation is 1. The molecule has 3 rings (SSSR count). The van der Waals surface area contributed by atoms with Crippen LogP contribution < -0.4 is 4.74 Å². The molecule has 0 spiro atoms. The number of halogens is 1. The van der Waals surface area contributed by atoms with E-state index < -0.39 is 0 Å².